The molecule has 0 amide bonds. The molecule has 2 atom stereocenters. The zero-order valence-corrected chi connectivity index (χ0v) is 10.9. The highest BCUT2D eigenvalue weighted by atomic mass is 79.9. The standard InChI is InChI=1S/C12H19BrN2/c1-9(14)8-15-10(2)7-11-3-5-12(13)6-4-11/h3-6,9-10,15H,7-8,14H2,1-2H3. The Morgan fingerprint density at radius 1 is 1.27 bits per heavy atom. The summed E-state index contributed by atoms with van der Waals surface area (Å²) in [6, 6.07) is 9.14. The van der Waals surface area contributed by atoms with Crippen molar-refractivity contribution >= 4 is 15.9 Å². The number of halogens is 1. The van der Waals surface area contributed by atoms with Crippen LogP contribution in [-0.4, -0.2) is 18.6 Å². The second-order valence-electron chi connectivity index (χ2n) is 4.12. The summed E-state index contributed by atoms with van der Waals surface area (Å²) in [5, 5.41) is 3.41. The van der Waals surface area contributed by atoms with Gasteiger partial charge in [0, 0.05) is 23.1 Å². The Bertz CT molecular complexity index is 282. The van der Waals surface area contributed by atoms with Gasteiger partial charge in [-0.3, -0.25) is 0 Å². The van der Waals surface area contributed by atoms with E-state index < -0.39 is 0 Å². The van der Waals surface area contributed by atoms with Gasteiger partial charge in [0.2, 0.25) is 0 Å². The Kier molecular flexibility index (Phi) is 5.29. The summed E-state index contributed by atoms with van der Waals surface area (Å²) in [6.07, 6.45) is 1.04. The van der Waals surface area contributed by atoms with Crippen molar-refractivity contribution in [3.05, 3.63) is 34.3 Å². The van der Waals surface area contributed by atoms with Crippen LogP contribution in [0.25, 0.3) is 0 Å². The molecule has 2 nitrogen and oxygen atoms in total. The highest BCUT2D eigenvalue weighted by molar-refractivity contribution is 9.10. The van der Waals surface area contributed by atoms with Crippen molar-refractivity contribution in [2.75, 3.05) is 6.54 Å². The molecule has 1 rings (SSSR count). The van der Waals surface area contributed by atoms with E-state index in [-0.39, 0.29) is 6.04 Å². The first-order valence-corrected chi connectivity index (χ1v) is 6.10. The van der Waals surface area contributed by atoms with E-state index in [1.54, 1.807) is 0 Å². The fourth-order valence-electron chi connectivity index (χ4n) is 1.43. The first kappa shape index (κ1) is 12.7. The molecule has 0 saturated carbocycles. The number of hydrogen-bond donors (Lipinski definition) is 2. The highest BCUT2D eigenvalue weighted by Crippen LogP contribution is 2.11. The van der Waals surface area contributed by atoms with E-state index in [4.69, 9.17) is 5.73 Å². The Balaban J connectivity index is 2.37. The predicted octanol–water partition coefficient (Wildman–Crippen LogP) is 2.32. The fraction of sp³-hybridized carbons (Fsp3) is 0.500. The quantitative estimate of drug-likeness (QED) is 0.862. The molecule has 3 N–H and O–H groups in total. The van der Waals surface area contributed by atoms with Crippen LogP contribution in [0.3, 0.4) is 0 Å². The van der Waals surface area contributed by atoms with Gasteiger partial charge in [-0.1, -0.05) is 28.1 Å². The maximum absolute atomic E-state index is 5.69. The molecule has 0 bridgehead atoms. The summed E-state index contributed by atoms with van der Waals surface area (Å²) in [4.78, 5) is 0. The predicted molar refractivity (Wildman–Crippen MR) is 69.0 cm³/mol. The third-order valence-corrected chi connectivity index (χ3v) is 2.77. The van der Waals surface area contributed by atoms with E-state index >= 15 is 0 Å². The topological polar surface area (TPSA) is 38.0 Å². The third kappa shape index (κ3) is 5.30. The third-order valence-electron chi connectivity index (χ3n) is 2.24. The molecule has 2 unspecified atom stereocenters. The maximum Gasteiger partial charge on any atom is 0.0175 e. The van der Waals surface area contributed by atoms with E-state index in [2.05, 4.69) is 52.4 Å². The highest BCUT2D eigenvalue weighted by Gasteiger charge is 2.03. The average Bonchev–Trinajstić information content (AvgIpc) is 2.19. The van der Waals surface area contributed by atoms with Crippen molar-refractivity contribution in [2.24, 2.45) is 5.73 Å². The van der Waals surface area contributed by atoms with Gasteiger partial charge in [0.05, 0.1) is 0 Å². The molecule has 0 aromatic heterocycles. The van der Waals surface area contributed by atoms with Crippen LogP contribution in [0.2, 0.25) is 0 Å². The monoisotopic (exact) mass is 270 g/mol. The van der Waals surface area contributed by atoms with Crippen molar-refractivity contribution in [3.8, 4) is 0 Å². The Morgan fingerprint density at radius 3 is 2.40 bits per heavy atom. The number of nitrogens with one attached hydrogen (secondary N) is 1. The number of benzene rings is 1. The molecule has 0 heterocycles. The molecule has 0 aliphatic heterocycles. The molecular formula is C12H19BrN2. The Labute approximate surface area is 100 Å². The lowest BCUT2D eigenvalue weighted by atomic mass is 10.1. The van der Waals surface area contributed by atoms with Crippen LogP contribution in [0.4, 0.5) is 0 Å². The first-order valence-electron chi connectivity index (χ1n) is 5.31. The second-order valence-corrected chi connectivity index (χ2v) is 5.03. The molecule has 0 fully saturated rings. The van der Waals surface area contributed by atoms with Gasteiger partial charge in [-0.05, 0) is 38.0 Å². The summed E-state index contributed by atoms with van der Waals surface area (Å²) in [6.45, 7) is 5.07. The molecule has 1 aromatic carbocycles. The van der Waals surface area contributed by atoms with Crippen LogP contribution in [0, 0.1) is 0 Å². The molecule has 0 spiro atoms. The summed E-state index contributed by atoms with van der Waals surface area (Å²) in [7, 11) is 0. The first-order chi connectivity index (χ1) is 7.08. The van der Waals surface area contributed by atoms with E-state index in [1.807, 2.05) is 6.92 Å². The van der Waals surface area contributed by atoms with E-state index in [1.165, 1.54) is 5.56 Å². The Morgan fingerprint density at radius 2 is 1.87 bits per heavy atom. The zero-order valence-electron chi connectivity index (χ0n) is 9.33. The van der Waals surface area contributed by atoms with Crippen LogP contribution in [0.1, 0.15) is 19.4 Å². The number of nitrogens with two attached hydrogens (primary N) is 1. The minimum atomic E-state index is 0.220. The zero-order chi connectivity index (χ0) is 11.3. The van der Waals surface area contributed by atoms with Gasteiger partial charge in [-0.25, -0.2) is 0 Å². The maximum atomic E-state index is 5.69. The van der Waals surface area contributed by atoms with Crippen molar-refractivity contribution in [1.82, 2.24) is 5.32 Å². The molecule has 0 aliphatic carbocycles. The second kappa shape index (κ2) is 6.26. The fourth-order valence-corrected chi connectivity index (χ4v) is 1.70. The average molecular weight is 271 g/mol. The van der Waals surface area contributed by atoms with Gasteiger partial charge in [0.15, 0.2) is 0 Å². The molecule has 0 aliphatic rings. The van der Waals surface area contributed by atoms with E-state index in [9.17, 15) is 0 Å². The van der Waals surface area contributed by atoms with Crippen molar-refractivity contribution in [1.29, 1.82) is 0 Å². The molecular weight excluding hydrogens is 252 g/mol. The van der Waals surface area contributed by atoms with Crippen LogP contribution in [-0.2, 0) is 6.42 Å². The summed E-state index contributed by atoms with van der Waals surface area (Å²) < 4.78 is 1.13. The van der Waals surface area contributed by atoms with E-state index in [0.717, 1.165) is 17.4 Å². The molecule has 0 saturated heterocycles. The van der Waals surface area contributed by atoms with Gasteiger partial charge in [0.25, 0.3) is 0 Å². The molecule has 84 valence electrons. The van der Waals surface area contributed by atoms with E-state index in [0.29, 0.717) is 6.04 Å². The lowest BCUT2D eigenvalue weighted by Gasteiger charge is -2.15. The van der Waals surface area contributed by atoms with Crippen molar-refractivity contribution in [2.45, 2.75) is 32.4 Å². The summed E-state index contributed by atoms with van der Waals surface area (Å²) in [5.74, 6) is 0. The lowest BCUT2D eigenvalue weighted by Crippen LogP contribution is -2.37. The molecule has 3 heteroatoms. The minimum absolute atomic E-state index is 0.220. The summed E-state index contributed by atoms with van der Waals surface area (Å²) >= 11 is 3.43. The lowest BCUT2D eigenvalue weighted by molar-refractivity contribution is 0.514. The summed E-state index contributed by atoms with van der Waals surface area (Å²) in [5.41, 5.74) is 7.04. The SMILES string of the molecule is CC(N)CNC(C)Cc1ccc(Br)cc1. The molecule has 0 radical (unpaired) electrons. The van der Waals surface area contributed by atoms with Gasteiger partial charge in [0.1, 0.15) is 0 Å². The number of hydrogen-bond acceptors (Lipinski definition) is 2. The van der Waals surface area contributed by atoms with Crippen molar-refractivity contribution < 1.29 is 0 Å². The van der Waals surface area contributed by atoms with Gasteiger partial charge in [-0.2, -0.15) is 0 Å². The molecule has 1 aromatic rings. The normalized spacial score (nSPS) is 14.9. The smallest absolute Gasteiger partial charge is 0.0175 e. The number of rotatable bonds is 5. The van der Waals surface area contributed by atoms with Gasteiger partial charge in [-0.15, -0.1) is 0 Å². The molecule has 15 heavy (non-hydrogen) atoms. The van der Waals surface area contributed by atoms with Crippen LogP contribution in [0.5, 0.6) is 0 Å². The van der Waals surface area contributed by atoms with Crippen molar-refractivity contribution in [3.63, 3.8) is 0 Å². The Hall–Kier alpha value is -0.380. The van der Waals surface area contributed by atoms with Crippen LogP contribution in [0.15, 0.2) is 28.7 Å². The van der Waals surface area contributed by atoms with Crippen LogP contribution >= 0.6 is 15.9 Å². The minimum Gasteiger partial charge on any atom is -0.327 e. The van der Waals surface area contributed by atoms with Gasteiger partial charge >= 0.3 is 0 Å². The van der Waals surface area contributed by atoms with Crippen LogP contribution < -0.4 is 11.1 Å². The van der Waals surface area contributed by atoms with Gasteiger partial charge < -0.3 is 11.1 Å². The largest absolute Gasteiger partial charge is 0.327 e.